The van der Waals surface area contributed by atoms with Crippen molar-refractivity contribution in [3.05, 3.63) is 45.8 Å². The van der Waals surface area contributed by atoms with Crippen molar-refractivity contribution in [2.45, 2.75) is 45.3 Å². The van der Waals surface area contributed by atoms with Crippen LogP contribution in [0.1, 0.15) is 29.8 Å². The Morgan fingerprint density at radius 1 is 1.19 bits per heavy atom. The highest BCUT2D eigenvalue weighted by Crippen LogP contribution is 2.28. The van der Waals surface area contributed by atoms with Crippen molar-refractivity contribution in [1.29, 1.82) is 0 Å². The Kier molecular flexibility index (Phi) is 6.75. The summed E-state index contributed by atoms with van der Waals surface area (Å²) in [5, 5.41) is 3.56. The maximum Gasteiger partial charge on any atom is 0.338 e. The van der Waals surface area contributed by atoms with Crippen LogP contribution in [0.3, 0.4) is 0 Å². The Balaban J connectivity index is 2.14. The van der Waals surface area contributed by atoms with Crippen LogP contribution >= 0.6 is 0 Å². The highest BCUT2D eigenvalue weighted by molar-refractivity contribution is 5.90. The molecule has 1 aromatic rings. The van der Waals surface area contributed by atoms with Gasteiger partial charge in [0.1, 0.15) is 18.8 Å². The Hall–Kier alpha value is -3.10. The number of aryl methyl sites for hydroxylation is 1. The average molecular weight is 377 g/mol. The summed E-state index contributed by atoms with van der Waals surface area (Å²) in [6.07, 6.45) is -3.38. The maximum absolute atomic E-state index is 12.3. The first-order valence-electron chi connectivity index (χ1n) is 8.10. The standard InChI is InChI=1S/C17H19N3O7/c1-9-6-4-5-7-12(9)16(23)24-8-13-14(19-20-18)15(25-10(2)21)17(27-13)26-11(3)22/h4-7,13-15,17H,8H2,1-3H3/t13-,14-,15-,17-/m1/s1. The zero-order chi connectivity index (χ0) is 20.0. The van der Waals surface area contributed by atoms with Gasteiger partial charge in [-0.15, -0.1) is 0 Å². The van der Waals surface area contributed by atoms with Gasteiger partial charge in [-0.1, -0.05) is 23.3 Å². The van der Waals surface area contributed by atoms with E-state index < -0.39 is 42.4 Å². The van der Waals surface area contributed by atoms with E-state index in [1.54, 1.807) is 31.2 Å². The van der Waals surface area contributed by atoms with Crippen LogP contribution in [0.15, 0.2) is 29.4 Å². The molecule has 1 heterocycles. The topological polar surface area (TPSA) is 137 Å². The molecule has 1 fully saturated rings. The highest BCUT2D eigenvalue weighted by Gasteiger charge is 2.49. The molecule has 0 amide bonds. The molecular weight excluding hydrogens is 358 g/mol. The molecule has 1 aliphatic heterocycles. The van der Waals surface area contributed by atoms with Gasteiger partial charge in [-0.2, -0.15) is 0 Å². The molecule has 0 bridgehead atoms. The van der Waals surface area contributed by atoms with Crippen LogP contribution in [0.5, 0.6) is 0 Å². The molecule has 1 aliphatic rings. The van der Waals surface area contributed by atoms with E-state index in [1.165, 1.54) is 0 Å². The van der Waals surface area contributed by atoms with Gasteiger partial charge in [0.2, 0.25) is 6.29 Å². The molecule has 0 radical (unpaired) electrons. The van der Waals surface area contributed by atoms with Gasteiger partial charge in [-0.25, -0.2) is 4.79 Å². The first-order valence-corrected chi connectivity index (χ1v) is 8.10. The minimum Gasteiger partial charge on any atom is -0.459 e. The Bertz CT molecular complexity index is 776. The highest BCUT2D eigenvalue weighted by atomic mass is 16.7. The number of benzene rings is 1. The van der Waals surface area contributed by atoms with Crippen molar-refractivity contribution < 1.29 is 33.3 Å². The smallest absolute Gasteiger partial charge is 0.338 e. The van der Waals surface area contributed by atoms with Gasteiger partial charge in [0.15, 0.2) is 6.10 Å². The van der Waals surface area contributed by atoms with E-state index in [0.717, 1.165) is 19.4 Å². The second-order valence-electron chi connectivity index (χ2n) is 5.84. The molecule has 10 heteroatoms. The number of nitrogens with zero attached hydrogens (tertiary/aromatic N) is 3. The van der Waals surface area contributed by atoms with Crippen LogP contribution in [0.4, 0.5) is 0 Å². The minimum atomic E-state index is -1.27. The number of hydrogen-bond acceptors (Lipinski definition) is 8. The van der Waals surface area contributed by atoms with Crippen molar-refractivity contribution in [2.75, 3.05) is 6.61 Å². The number of ether oxygens (including phenoxy) is 4. The largest absolute Gasteiger partial charge is 0.459 e. The lowest BCUT2D eigenvalue weighted by atomic mass is 10.1. The normalized spacial score (nSPS) is 23.8. The molecule has 4 atom stereocenters. The lowest BCUT2D eigenvalue weighted by molar-refractivity contribution is -0.195. The van der Waals surface area contributed by atoms with Crippen LogP contribution in [0.2, 0.25) is 0 Å². The molecule has 27 heavy (non-hydrogen) atoms. The second kappa shape index (κ2) is 9.02. The zero-order valence-electron chi connectivity index (χ0n) is 15.0. The molecule has 144 valence electrons. The summed E-state index contributed by atoms with van der Waals surface area (Å²) in [4.78, 5) is 37.6. The molecule has 0 unspecified atom stereocenters. The summed E-state index contributed by atoms with van der Waals surface area (Å²) in [6.45, 7) is 3.79. The van der Waals surface area contributed by atoms with Crippen molar-refractivity contribution in [1.82, 2.24) is 0 Å². The van der Waals surface area contributed by atoms with Crippen molar-refractivity contribution in [3.8, 4) is 0 Å². The molecule has 1 aromatic carbocycles. The summed E-state index contributed by atoms with van der Waals surface area (Å²) in [6, 6.07) is 5.83. The third-order valence-electron chi connectivity index (χ3n) is 3.81. The van der Waals surface area contributed by atoms with Gasteiger partial charge >= 0.3 is 17.9 Å². The van der Waals surface area contributed by atoms with Gasteiger partial charge in [0.05, 0.1) is 5.56 Å². The summed E-state index contributed by atoms with van der Waals surface area (Å²) in [5.41, 5.74) is 9.92. The van der Waals surface area contributed by atoms with E-state index in [-0.39, 0.29) is 6.61 Å². The van der Waals surface area contributed by atoms with E-state index in [2.05, 4.69) is 10.0 Å². The van der Waals surface area contributed by atoms with Gasteiger partial charge in [-0.05, 0) is 24.1 Å². The van der Waals surface area contributed by atoms with Crippen molar-refractivity contribution >= 4 is 17.9 Å². The molecule has 0 saturated carbocycles. The van der Waals surface area contributed by atoms with Crippen LogP contribution in [0, 0.1) is 6.92 Å². The van der Waals surface area contributed by atoms with Crippen molar-refractivity contribution in [2.24, 2.45) is 5.11 Å². The fraction of sp³-hybridized carbons (Fsp3) is 0.471. The third-order valence-corrected chi connectivity index (χ3v) is 3.81. The van der Waals surface area contributed by atoms with Gasteiger partial charge in [-0.3, -0.25) is 9.59 Å². The first kappa shape index (κ1) is 20.2. The second-order valence-corrected chi connectivity index (χ2v) is 5.84. The Morgan fingerprint density at radius 2 is 1.85 bits per heavy atom. The number of carbonyl (C=O) groups excluding carboxylic acids is 3. The van der Waals surface area contributed by atoms with Crippen LogP contribution in [-0.2, 0) is 28.5 Å². The molecule has 0 spiro atoms. The number of rotatable bonds is 6. The van der Waals surface area contributed by atoms with E-state index in [0.29, 0.717) is 5.56 Å². The van der Waals surface area contributed by atoms with Crippen LogP contribution in [-0.4, -0.2) is 49.1 Å². The molecule has 0 aromatic heterocycles. The monoisotopic (exact) mass is 377 g/mol. The molecule has 0 N–H and O–H groups in total. The number of hydrogen-bond donors (Lipinski definition) is 0. The summed E-state index contributed by atoms with van der Waals surface area (Å²) in [5.74, 6) is -1.93. The zero-order valence-corrected chi connectivity index (χ0v) is 15.0. The SMILES string of the molecule is CC(=O)O[C@@H]1O[C@H](COC(=O)c2ccccc2C)[C@@H](N=[N+]=[N-])[C@H]1OC(C)=O. The molecule has 2 rings (SSSR count). The molecule has 1 saturated heterocycles. The van der Waals surface area contributed by atoms with Gasteiger partial charge in [0, 0.05) is 18.8 Å². The predicted molar refractivity (Wildman–Crippen MR) is 90.4 cm³/mol. The number of carbonyl (C=O) groups is 3. The lowest BCUT2D eigenvalue weighted by Crippen LogP contribution is -2.38. The van der Waals surface area contributed by atoms with E-state index in [9.17, 15) is 14.4 Å². The lowest BCUT2D eigenvalue weighted by Gasteiger charge is -2.19. The average Bonchev–Trinajstić information content (AvgIpc) is 2.89. The quantitative estimate of drug-likeness (QED) is 0.243. The molecular formula is C17H19N3O7. The molecule has 10 nitrogen and oxygen atoms in total. The van der Waals surface area contributed by atoms with E-state index in [4.69, 9.17) is 24.5 Å². The van der Waals surface area contributed by atoms with Crippen LogP contribution < -0.4 is 0 Å². The minimum absolute atomic E-state index is 0.285. The predicted octanol–water partition coefficient (Wildman–Crippen LogP) is 2.05. The maximum atomic E-state index is 12.3. The first-order chi connectivity index (χ1) is 12.8. The number of azide groups is 1. The van der Waals surface area contributed by atoms with E-state index in [1.807, 2.05) is 0 Å². The number of esters is 3. The Morgan fingerprint density at radius 3 is 2.44 bits per heavy atom. The van der Waals surface area contributed by atoms with Gasteiger partial charge < -0.3 is 18.9 Å². The van der Waals surface area contributed by atoms with Gasteiger partial charge in [0.25, 0.3) is 0 Å². The summed E-state index contributed by atoms with van der Waals surface area (Å²) >= 11 is 0. The summed E-state index contributed by atoms with van der Waals surface area (Å²) in [7, 11) is 0. The fourth-order valence-electron chi connectivity index (χ4n) is 2.65. The van der Waals surface area contributed by atoms with E-state index >= 15 is 0 Å². The van der Waals surface area contributed by atoms with Crippen LogP contribution in [0.25, 0.3) is 10.4 Å². The fourth-order valence-corrected chi connectivity index (χ4v) is 2.65. The third kappa shape index (κ3) is 5.19. The van der Waals surface area contributed by atoms with Crippen molar-refractivity contribution in [3.63, 3.8) is 0 Å². The molecule has 0 aliphatic carbocycles. The Labute approximate surface area is 155 Å². The summed E-state index contributed by atoms with van der Waals surface area (Å²) < 4.78 is 20.8.